The normalized spacial score (nSPS) is 16.0. The Kier molecular flexibility index (Phi) is 9.97. The summed E-state index contributed by atoms with van der Waals surface area (Å²) in [5, 5.41) is 33.5. The van der Waals surface area contributed by atoms with E-state index in [1.807, 2.05) is 31.2 Å². The molecule has 0 bridgehead atoms. The van der Waals surface area contributed by atoms with Crippen LogP contribution in [-0.4, -0.2) is 92.4 Å². The predicted octanol–water partition coefficient (Wildman–Crippen LogP) is -0.975. The number of imidazole rings is 1. The van der Waals surface area contributed by atoms with Crippen molar-refractivity contribution < 1.29 is 30.0 Å². The molecule has 1 aliphatic rings. The Morgan fingerprint density at radius 3 is 2.36 bits per heavy atom. The number of benzene rings is 1. The van der Waals surface area contributed by atoms with Gasteiger partial charge in [0.2, 0.25) is 5.95 Å². The molecular formula is C29H34N8O8. The number of aromatic nitrogens is 6. The van der Waals surface area contributed by atoms with E-state index >= 15 is 0 Å². The molecule has 0 radical (unpaired) electrons. The predicted molar refractivity (Wildman–Crippen MR) is 163 cm³/mol. The van der Waals surface area contributed by atoms with Gasteiger partial charge in [-0.3, -0.25) is 18.5 Å². The number of fused-ring (bicyclic) bond motifs is 2. The summed E-state index contributed by atoms with van der Waals surface area (Å²) in [6, 6.07) is 7.71. The van der Waals surface area contributed by atoms with E-state index in [2.05, 4.69) is 26.7 Å². The van der Waals surface area contributed by atoms with Crippen LogP contribution in [0.1, 0.15) is 31.3 Å². The first-order valence-electron chi connectivity index (χ1n) is 14.0. The summed E-state index contributed by atoms with van der Waals surface area (Å²) in [6.07, 6.45) is -2.65. The average molecular weight is 623 g/mol. The van der Waals surface area contributed by atoms with Crippen molar-refractivity contribution in [1.29, 1.82) is 0 Å². The molecular weight excluding hydrogens is 588 g/mol. The number of aryl methyl sites for hydroxylation is 2. The van der Waals surface area contributed by atoms with Gasteiger partial charge in [-0.25, -0.2) is 24.4 Å². The molecule has 1 saturated heterocycles. The largest absolute Gasteiger partial charge is 0.479 e. The Bertz CT molecular complexity index is 1920. The van der Waals surface area contributed by atoms with Gasteiger partial charge in [0.25, 0.3) is 5.56 Å². The van der Waals surface area contributed by atoms with Crippen LogP contribution in [-0.2, 0) is 29.7 Å². The lowest BCUT2D eigenvalue weighted by molar-refractivity contribution is -0.165. The standard InChI is InChI=1S/C25H28N8O2.C4H6O6/c1-4-5-13-32-21-22(29-24(32)31-12-8-9-17(26)14-31)30(3)25(35)33(23(21)34)15-20-27-16(2)18-10-6-7-11-19(18)28-20;5-1(3(7)8)2(6)4(9)10/h6-7,10-11,17H,8-9,12-15,26H2,1-3H3;1-2,5-6H,(H,7,8)(H,9,10)/t17-;1-,2-/m10/s1. The number of aliphatic hydroxyl groups is 2. The second-order valence-electron chi connectivity index (χ2n) is 10.5. The highest BCUT2D eigenvalue weighted by molar-refractivity contribution is 5.83. The van der Waals surface area contributed by atoms with Crippen molar-refractivity contribution in [1.82, 2.24) is 28.7 Å². The van der Waals surface area contributed by atoms with Crippen LogP contribution < -0.4 is 21.9 Å². The van der Waals surface area contributed by atoms with Gasteiger partial charge in [0.05, 0.1) is 18.6 Å². The number of carboxylic acids is 2. The van der Waals surface area contributed by atoms with E-state index in [1.165, 1.54) is 9.13 Å². The zero-order valence-electron chi connectivity index (χ0n) is 24.9. The summed E-state index contributed by atoms with van der Waals surface area (Å²) in [6.45, 7) is 5.31. The summed E-state index contributed by atoms with van der Waals surface area (Å²) in [5.41, 5.74) is 7.54. The average Bonchev–Trinajstić information content (AvgIpc) is 3.40. The number of nitrogens with zero attached hydrogens (tertiary/aromatic N) is 7. The molecule has 16 nitrogen and oxygen atoms in total. The number of carbonyl (C=O) groups is 2. The first-order chi connectivity index (χ1) is 21.3. The van der Waals surface area contributed by atoms with E-state index in [1.54, 1.807) is 18.5 Å². The maximum absolute atomic E-state index is 13.7. The number of piperidine rings is 1. The second kappa shape index (κ2) is 13.7. The van der Waals surface area contributed by atoms with Crippen molar-refractivity contribution in [2.45, 2.75) is 58.0 Å². The highest BCUT2D eigenvalue weighted by Crippen LogP contribution is 2.23. The van der Waals surface area contributed by atoms with Crippen LogP contribution >= 0.6 is 0 Å². The monoisotopic (exact) mass is 622 g/mol. The van der Waals surface area contributed by atoms with Gasteiger partial charge in [-0.1, -0.05) is 24.1 Å². The van der Waals surface area contributed by atoms with Gasteiger partial charge in [-0.2, -0.15) is 4.98 Å². The summed E-state index contributed by atoms with van der Waals surface area (Å²) in [5.74, 6) is 3.42. The molecule has 0 amide bonds. The fraction of sp³-hybridized carbons (Fsp3) is 0.414. The lowest BCUT2D eigenvalue weighted by Crippen LogP contribution is -2.44. The molecule has 238 valence electrons. The third-order valence-corrected chi connectivity index (χ3v) is 7.31. The quantitative estimate of drug-likeness (QED) is 0.156. The van der Waals surface area contributed by atoms with Crippen LogP contribution in [0.5, 0.6) is 0 Å². The van der Waals surface area contributed by atoms with Crippen LogP contribution in [0.3, 0.4) is 0 Å². The highest BCUT2D eigenvalue weighted by atomic mass is 16.4. The number of nitrogens with two attached hydrogens (primary N) is 1. The van der Waals surface area contributed by atoms with Gasteiger partial charge in [-0.05, 0) is 32.8 Å². The summed E-state index contributed by atoms with van der Waals surface area (Å²) in [4.78, 5) is 62.5. The molecule has 1 aliphatic heterocycles. The van der Waals surface area contributed by atoms with Crippen molar-refractivity contribution in [2.24, 2.45) is 12.8 Å². The molecule has 0 saturated carbocycles. The van der Waals surface area contributed by atoms with Crippen LogP contribution in [0, 0.1) is 18.8 Å². The van der Waals surface area contributed by atoms with E-state index in [-0.39, 0.29) is 19.1 Å². The molecule has 3 atom stereocenters. The summed E-state index contributed by atoms with van der Waals surface area (Å²) >= 11 is 0. The van der Waals surface area contributed by atoms with E-state index in [9.17, 15) is 19.2 Å². The number of para-hydroxylation sites is 1. The number of hydrogen-bond donors (Lipinski definition) is 5. The van der Waals surface area contributed by atoms with Crippen molar-refractivity contribution >= 4 is 40.0 Å². The molecule has 0 spiro atoms. The molecule has 0 unspecified atom stereocenters. The number of rotatable bonds is 7. The van der Waals surface area contributed by atoms with Gasteiger partial charge in [0, 0.05) is 37.3 Å². The Balaban J connectivity index is 0.000000399. The summed E-state index contributed by atoms with van der Waals surface area (Å²) < 4.78 is 4.39. The third-order valence-electron chi connectivity index (χ3n) is 7.31. The highest BCUT2D eigenvalue weighted by Gasteiger charge is 2.29. The Hall–Kier alpha value is -5.11. The van der Waals surface area contributed by atoms with Crippen LogP contribution in [0.15, 0.2) is 33.9 Å². The van der Waals surface area contributed by atoms with Gasteiger partial charge in [0.15, 0.2) is 23.4 Å². The molecule has 5 rings (SSSR count). The smallest absolute Gasteiger partial charge is 0.335 e. The van der Waals surface area contributed by atoms with Crippen molar-refractivity contribution in [3.8, 4) is 11.8 Å². The Morgan fingerprint density at radius 2 is 1.73 bits per heavy atom. The Labute approximate surface area is 256 Å². The van der Waals surface area contributed by atoms with Crippen molar-refractivity contribution in [3.63, 3.8) is 0 Å². The summed E-state index contributed by atoms with van der Waals surface area (Å²) in [7, 11) is 1.63. The number of anilines is 1. The zero-order chi connectivity index (χ0) is 33.0. The minimum Gasteiger partial charge on any atom is -0.479 e. The van der Waals surface area contributed by atoms with Crippen LogP contribution in [0.2, 0.25) is 0 Å². The van der Waals surface area contributed by atoms with E-state index < -0.39 is 35.4 Å². The molecule has 6 N–H and O–H groups in total. The molecule has 4 aromatic rings. The van der Waals surface area contributed by atoms with Crippen molar-refractivity contribution in [3.05, 3.63) is 56.6 Å². The topological polar surface area (TPSA) is 232 Å². The van der Waals surface area contributed by atoms with Crippen molar-refractivity contribution in [2.75, 3.05) is 18.0 Å². The Morgan fingerprint density at radius 1 is 1.07 bits per heavy atom. The minimum atomic E-state index is -2.27. The molecule has 4 heterocycles. The fourth-order valence-electron chi connectivity index (χ4n) is 5.02. The van der Waals surface area contributed by atoms with E-state index in [0.29, 0.717) is 29.5 Å². The molecule has 16 heteroatoms. The SMILES string of the molecule is CC#CCn1c(N2CCC[C@@H](N)C2)nc2c1c(=O)n(Cc1nc(C)c3ccccc3n1)c(=O)n2C.O=C(O)[C@@H](O)[C@H](O)C(=O)O. The molecule has 45 heavy (non-hydrogen) atoms. The molecule has 0 aliphatic carbocycles. The molecule has 1 fully saturated rings. The van der Waals surface area contributed by atoms with Gasteiger partial charge >= 0.3 is 17.6 Å². The van der Waals surface area contributed by atoms with E-state index in [4.69, 9.17) is 31.1 Å². The minimum absolute atomic E-state index is 0.0306. The van der Waals surface area contributed by atoms with Gasteiger partial charge in [-0.15, -0.1) is 5.92 Å². The third kappa shape index (κ3) is 6.85. The van der Waals surface area contributed by atoms with Gasteiger partial charge < -0.3 is 31.1 Å². The van der Waals surface area contributed by atoms with Gasteiger partial charge in [0.1, 0.15) is 5.82 Å². The first kappa shape index (κ1) is 32.8. The van der Waals surface area contributed by atoms with Crippen LogP contribution in [0.4, 0.5) is 5.95 Å². The lowest BCUT2D eigenvalue weighted by atomic mass is 10.1. The zero-order valence-corrected chi connectivity index (χ0v) is 24.9. The van der Waals surface area contributed by atoms with E-state index in [0.717, 1.165) is 36.0 Å². The molecule has 3 aromatic heterocycles. The number of aliphatic carboxylic acids is 2. The first-order valence-corrected chi connectivity index (χ1v) is 14.0. The number of aliphatic hydroxyl groups excluding tert-OH is 2. The lowest BCUT2D eigenvalue weighted by Gasteiger charge is -2.31. The maximum Gasteiger partial charge on any atom is 0.335 e. The fourth-order valence-corrected chi connectivity index (χ4v) is 5.02. The second-order valence-corrected chi connectivity index (χ2v) is 10.5. The number of carboxylic acid groups (broad SMARTS) is 2. The maximum atomic E-state index is 13.7. The van der Waals surface area contributed by atoms with Crippen LogP contribution in [0.25, 0.3) is 22.1 Å². The number of hydrogen-bond acceptors (Lipinski definition) is 11. The molecule has 1 aromatic carbocycles.